The fourth-order valence-corrected chi connectivity index (χ4v) is 2.43. The van der Waals surface area contributed by atoms with Gasteiger partial charge in [0.2, 0.25) is 5.91 Å². The van der Waals surface area contributed by atoms with Crippen LogP contribution in [0.2, 0.25) is 0 Å². The minimum atomic E-state index is -1.04. The van der Waals surface area contributed by atoms with E-state index in [1.54, 1.807) is 18.2 Å². The molecule has 4 nitrogen and oxygen atoms in total. The Morgan fingerprint density at radius 3 is 2.18 bits per heavy atom. The first-order valence-corrected chi connectivity index (χ1v) is 7.61. The number of carboxylic acids is 1. The van der Waals surface area contributed by atoms with Crippen molar-refractivity contribution in [3.8, 4) is 0 Å². The standard InChI is InChI=1S/C17H15NO3S/c19-16(18-14-9-5-2-6-10-14)12-22-15(17(20)21)11-13-7-3-1-4-8-13/h1-11H,12H2,(H,18,19)(H,20,21)/b15-11+. The Hall–Kier alpha value is -2.53. The number of anilines is 1. The molecule has 112 valence electrons. The highest BCUT2D eigenvalue weighted by atomic mass is 32.2. The molecular weight excluding hydrogens is 298 g/mol. The molecule has 2 aromatic rings. The number of rotatable bonds is 6. The number of carbonyl (C=O) groups is 2. The molecule has 0 aromatic heterocycles. The summed E-state index contributed by atoms with van der Waals surface area (Å²) in [7, 11) is 0. The Balaban J connectivity index is 1.96. The fraction of sp³-hybridized carbons (Fsp3) is 0.0588. The van der Waals surface area contributed by atoms with Crippen molar-refractivity contribution in [2.24, 2.45) is 0 Å². The summed E-state index contributed by atoms with van der Waals surface area (Å²) in [5.74, 6) is -1.24. The number of carbonyl (C=O) groups excluding carboxylic acids is 1. The van der Waals surface area contributed by atoms with Gasteiger partial charge in [0, 0.05) is 5.69 Å². The van der Waals surface area contributed by atoms with Gasteiger partial charge in [-0.05, 0) is 23.8 Å². The summed E-state index contributed by atoms with van der Waals surface area (Å²) < 4.78 is 0. The summed E-state index contributed by atoms with van der Waals surface area (Å²) in [5, 5.41) is 11.9. The molecule has 0 spiro atoms. The van der Waals surface area contributed by atoms with E-state index < -0.39 is 5.97 Å². The summed E-state index contributed by atoms with van der Waals surface area (Å²) in [6.07, 6.45) is 1.56. The second-order valence-corrected chi connectivity index (χ2v) is 5.44. The van der Waals surface area contributed by atoms with E-state index in [1.807, 2.05) is 48.5 Å². The van der Waals surface area contributed by atoms with Crippen LogP contribution in [-0.4, -0.2) is 22.7 Å². The van der Waals surface area contributed by atoms with Crippen molar-refractivity contribution in [2.45, 2.75) is 0 Å². The van der Waals surface area contributed by atoms with Gasteiger partial charge in [-0.2, -0.15) is 0 Å². The quantitative estimate of drug-likeness (QED) is 0.801. The molecular formula is C17H15NO3S. The Bertz CT molecular complexity index is 669. The number of amides is 1. The van der Waals surface area contributed by atoms with Gasteiger partial charge >= 0.3 is 5.97 Å². The third-order valence-electron chi connectivity index (χ3n) is 2.72. The van der Waals surface area contributed by atoms with E-state index in [0.717, 1.165) is 17.3 Å². The second-order valence-electron chi connectivity index (χ2n) is 4.43. The Kier molecular flexibility index (Phi) is 5.80. The highest BCUT2D eigenvalue weighted by molar-refractivity contribution is 8.04. The molecule has 0 atom stereocenters. The Morgan fingerprint density at radius 2 is 1.59 bits per heavy atom. The van der Waals surface area contributed by atoms with E-state index in [-0.39, 0.29) is 16.6 Å². The maximum Gasteiger partial charge on any atom is 0.342 e. The van der Waals surface area contributed by atoms with Crippen LogP contribution in [0.15, 0.2) is 65.6 Å². The lowest BCUT2D eigenvalue weighted by atomic mass is 10.2. The molecule has 2 rings (SSSR count). The van der Waals surface area contributed by atoms with Crippen LogP contribution in [0, 0.1) is 0 Å². The average molecular weight is 313 g/mol. The van der Waals surface area contributed by atoms with Crippen LogP contribution in [0.3, 0.4) is 0 Å². The smallest absolute Gasteiger partial charge is 0.342 e. The van der Waals surface area contributed by atoms with Crippen LogP contribution in [0.5, 0.6) is 0 Å². The molecule has 0 saturated carbocycles. The summed E-state index contributed by atoms with van der Waals surface area (Å²) in [6, 6.07) is 18.2. The summed E-state index contributed by atoms with van der Waals surface area (Å²) in [6.45, 7) is 0. The lowest BCUT2D eigenvalue weighted by molar-refractivity contribution is -0.131. The number of para-hydroxylation sites is 1. The molecule has 0 saturated heterocycles. The van der Waals surface area contributed by atoms with Crippen LogP contribution < -0.4 is 5.32 Å². The van der Waals surface area contributed by atoms with Gasteiger partial charge in [0.1, 0.15) is 0 Å². The molecule has 0 aliphatic carbocycles. The summed E-state index contributed by atoms with van der Waals surface area (Å²) in [4.78, 5) is 23.2. The van der Waals surface area contributed by atoms with Crippen LogP contribution in [-0.2, 0) is 9.59 Å². The van der Waals surface area contributed by atoms with Crippen LogP contribution in [0.4, 0.5) is 5.69 Å². The Morgan fingerprint density at radius 1 is 1.00 bits per heavy atom. The lowest BCUT2D eigenvalue weighted by Gasteiger charge is -2.05. The zero-order chi connectivity index (χ0) is 15.8. The third-order valence-corrected chi connectivity index (χ3v) is 3.73. The first-order valence-electron chi connectivity index (χ1n) is 6.63. The third kappa shape index (κ3) is 5.10. The fourth-order valence-electron chi connectivity index (χ4n) is 1.73. The average Bonchev–Trinajstić information content (AvgIpc) is 2.53. The normalized spacial score (nSPS) is 11.0. The maximum absolute atomic E-state index is 11.8. The van der Waals surface area contributed by atoms with Crippen molar-refractivity contribution in [1.82, 2.24) is 0 Å². The minimum absolute atomic E-state index is 0.0415. The predicted molar refractivity (Wildman–Crippen MR) is 89.6 cm³/mol. The molecule has 2 aromatic carbocycles. The van der Waals surface area contributed by atoms with E-state index in [9.17, 15) is 14.7 Å². The monoisotopic (exact) mass is 313 g/mol. The van der Waals surface area contributed by atoms with Crippen LogP contribution >= 0.6 is 11.8 Å². The van der Waals surface area contributed by atoms with E-state index in [1.165, 1.54) is 0 Å². The van der Waals surface area contributed by atoms with Gasteiger partial charge in [0.25, 0.3) is 0 Å². The molecule has 0 heterocycles. The molecule has 0 unspecified atom stereocenters. The first-order chi connectivity index (χ1) is 10.6. The molecule has 22 heavy (non-hydrogen) atoms. The minimum Gasteiger partial charge on any atom is -0.477 e. The number of hydrogen-bond donors (Lipinski definition) is 2. The number of benzene rings is 2. The highest BCUT2D eigenvalue weighted by Crippen LogP contribution is 2.20. The SMILES string of the molecule is O=C(CS/C(=C/c1ccccc1)C(=O)O)Nc1ccccc1. The van der Waals surface area contributed by atoms with E-state index in [0.29, 0.717) is 5.69 Å². The van der Waals surface area contributed by atoms with Gasteiger partial charge in [-0.25, -0.2) is 4.79 Å². The molecule has 0 aliphatic rings. The van der Waals surface area contributed by atoms with Gasteiger partial charge in [0.05, 0.1) is 10.7 Å². The predicted octanol–water partition coefficient (Wildman–Crippen LogP) is 3.48. The van der Waals surface area contributed by atoms with E-state index >= 15 is 0 Å². The van der Waals surface area contributed by atoms with E-state index in [2.05, 4.69) is 5.32 Å². The van der Waals surface area contributed by atoms with Crippen molar-refractivity contribution >= 4 is 35.4 Å². The van der Waals surface area contributed by atoms with Crippen LogP contribution in [0.1, 0.15) is 5.56 Å². The summed E-state index contributed by atoms with van der Waals surface area (Å²) >= 11 is 1.00. The van der Waals surface area contributed by atoms with Gasteiger partial charge < -0.3 is 10.4 Å². The van der Waals surface area contributed by atoms with Gasteiger partial charge in [0.15, 0.2) is 0 Å². The first kappa shape index (κ1) is 15.9. The largest absolute Gasteiger partial charge is 0.477 e. The topological polar surface area (TPSA) is 66.4 Å². The Labute approximate surface area is 132 Å². The molecule has 5 heteroatoms. The van der Waals surface area contributed by atoms with Gasteiger partial charge in [-0.1, -0.05) is 48.5 Å². The van der Waals surface area contributed by atoms with Crippen molar-refractivity contribution in [3.63, 3.8) is 0 Å². The second kappa shape index (κ2) is 8.05. The van der Waals surface area contributed by atoms with Crippen molar-refractivity contribution in [2.75, 3.05) is 11.1 Å². The number of carboxylic acid groups (broad SMARTS) is 1. The van der Waals surface area contributed by atoms with Crippen LogP contribution in [0.25, 0.3) is 6.08 Å². The van der Waals surface area contributed by atoms with Gasteiger partial charge in [-0.15, -0.1) is 11.8 Å². The molecule has 0 bridgehead atoms. The van der Waals surface area contributed by atoms with Crippen molar-refractivity contribution in [3.05, 3.63) is 71.1 Å². The van der Waals surface area contributed by atoms with E-state index in [4.69, 9.17) is 0 Å². The van der Waals surface area contributed by atoms with Gasteiger partial charge in [-0.3, -0.25) is 4.79 Å². The van der Waals surface area contributed by atoms with Crippen molar-refractivity contribution in [1.29, 1.82) is 0 Å². The zero-order valence-corrected chi connectivity index (χ0v) is 12.5. The number of nitrogens with one attached hydrogen (secondary N) is 1. The molecule has 0 radical (unpaired) electrons. The molecule has 0 aliphatic heterocycles. The molecule has 2 N–H and O–H groups in total. The summed E-state index contributed by atoms with van der Waals surface area (Å²) in [5.41, 5.74) is 1.48. The number of hydrogen-bond acceptors (Lipinski definition) is 3. The lowest BCUT2D eigenvalue weighted by Crippen LogP contribution is -2.14. The maximum atomic E-state index is 11.8. The van der Waals surface area contributed by atoms with Crippen molar-refractivity contribution < 1.29 is 14.7 Å². The molecule has 0 fully saturated rings. The zero-order valence-electron chi connectivity index (χ0n) is 11.7. The number of aliphatic carboxylic acids is 1. The highest BCUT2D eigenvalue weighted by Gasteiger charge is 2.11. The number of thioether (sulfide) groups is 1. The molecule has 1 amide bonds.